The Labute approximate surface area is 136 Å². The van der Waals surface area contributed by atoms with Gasteiger partial charge in [-0.15, -0.1) is 0 Å². The Hall–Kier alpha value is -2.88. The molecule has 1 amide bonds. The zero-order valence-corrected chi connectivity index (χ0v) is 13.5. The Balaban J connectivity index is 1.89. The molecular weight excluding hydrogens is 286 g/mol. The summed E-state index contributed by atoms with van der Waals surface area (Å²) in [5.74, 6) is -0.0922. The maximum atomic E-state index is 12.6. The first kappa shape index (κ1) is 15.0. The SMILES string of the molecule is CC1=NN(c2ccccc2)C(=O)/C1=C/c1ccc(N(C)C)cc1. The van der Waals surface area contributed by atoms with Crippen molar-refractivity contribution in [2.24, 2.45) is 5.10 Å². The van der Waals surface area contributed by atoms with Crippen molar-refractivity contribution in [3.05, 3.63) is 65.7 Å². The summed E-state index contributed by atoms with van der Waals surface area (Å²) >= 11 is 0. The van der Waals surface area contributed by atoms with E-state index < -0.39 is 0 Å². The maximum absolute atomic E-state index is 12.6. The third-order valence-electron chi connectivity index (χ3n) is 3.78. The maximum Gasteiger partial charge on any atom is 0.280 e. The molecule has 23 heavy (non-hydrogen) atoms. The van der Waals surface area contributed by atoms with Crippen LogP contribution in [0.3, 0.4) is 0 Å². The molecule has 0 aromatic heterocycles. The van der Waals surface area contributed by atoms with Crippen molar-refractivity contribution in [1.29, 1.82) is 0 Å². The Morgan fingerprint density at radius 3 is 2.26 bits per heavy atom. The third-order valence-corrected chi connectivity index (χ3v) is 3.78. The molecule has 4 nitrogen and oxygen atoms in total. The smallest absolute Gasteiger partial charge is 0.280 e. The number of para-hydroxylation sites is 1. The van der Waals surface area contributed by atoms with Crippen LogP contribution < -0.4 is 9.91 Å². The van der Waals surface area contributed by atoms with Gasteiger partial charge in [0, 0.05) is 19.8 Å². The molecule has 1 heterocycles. The normalized spacial score (nSPS) is 16.0. The predicted molar refractivity (Wildman–Crippen MR) is 95.8 cm³/mol. The van der Waals surface area contributed by atoms with Crippen LogP contribution in [0, 0.1) is 0 Å². The van der Waals surface area contributed by atoms with E-state index in [0.717, 1.165) is 22.6 Å². The molecule has 0 atom stereocenters. The minimum absolute atomic E-state index is 0.0922. The molecule has 2 aromatic carbocycles. The van der Waals surface area contributed by atoms with E-state index in [1.165, 1.54) is 5.01 Å². The lowest BCUT2D eigenvalue weighted by molar-refractivity contribution is -0.114. The van der Waals surface area contributed by atoms with Gasteiger partial charge in [0.25, 0.3) is 5.91 Å². The van der Waals surface area contributed by atoms with Crippen LogP contribution in [0.25, 0.3) is 6.08 Å². The van der Waals surface area contributed by atoms with Crippen LogP contribution in [0.5, 0.6) is 0 Å². The fourth-order valence-corrected chi connectivity index (χ4v) is 2.46. The molecule has 0 bridgehead atoms. The highest BCUT2D eigenvalue weighted by molar-refractivity contribution is 6.32. The van der Waals surface area contributed by atoms with Gasteiger partial charge in [0.15, 0.2) is 0 Å². The lowest BCUT2D eigenvalue weighted by Crippen LogP contribution is -2.21. The van der Waals surface area contributed by atoms with Crippen LogP contribution in [0.15, 0.2) is 65.3 Å². The highest BCUT2D eigenvalue weighted by atomic mass is 16.2. The fourth-order valence-electron chi connectivity index (χ4n) is 2.46. The van der Waals surface area contributed by atoms with Crippen molar-refractivity contribution in [2.75, 3.05) is 24.0 Å². The average molecular weight is 305 g/mol. The molecule has 0 fully saturated rings. The van der Waals surface area contributed by atoms with Crippen LogP contribution >= 0.6 is 0 Å². The van der Waals surface area contributed by atoms with Gasteiger partial charge in [-0.05, 0) is 42.8 Å². The summed E-state index contributed by atoms with van der Waals surface area (Å²) in [6.07, 6.45) is 1.89. The molecule has 1 aliphatic heterocycles. The molecule has 0 saturated heterocycles. The highest BCUT2D eigenvalue weighted by Gasteiger charge is 2.28. The quantitative estimate of drug-likeness (QED) is 0.813. The number of anilines is 2. The zero-order chi connectivity index (χ0) is 16.4. The van der Waals surface area contributed by atoms with E-state index >= 15 is 0 Å². The Morgan fingerprint density at radius 1 is 1.00 bits per heavy atom. The van der Waals surface area contributed by atoms with Gasteiger partial charge in [-0.2, -0.15) is 10.1 Å². The lowest BCUT2D eigenvalue weighted by atomic mass is 10.1. The van der Waals surface area contributed by atoms with Crippen LogP contribution in [0.2, 0.25) is 0 Å². The minimum atomic E-state index is -0.0922. The highest BCUT2D eigenvalue weighted by Crippen LogP contribution is 2.25. The van der Waals surface area contributed by atoms with Crippen molar-refractivity contribution in [3.63, 3.8) is 0 Å². The van der Waals surface area contributed by atoms with Gasteiger partial charge in [-0.3, -0.25) is 4.79 Å². The van der Waals surface area contributed by atoms with Crippen molar-refractivity contribution in [3.8, 4) is 0 Å². The standard InChI is InChI=1S/C19H19N3O/c1-14-18(13-15-9-11-16(12-10-15)21(2)3)19(23)22(20-14)17-7-5-4-6-8-17/h4-13H,1-3H3/b18-13+. The second kappa shape index (κ2) is 6.08. The molecule has 116 valence electrons. The Kier molecular flexibility index (Phi) is 3.98. The summed E-state index contributed by atoms with van der Waals surface area (Å²) in [5.41, 5.74) is 4.26. The summed E-state index contributed by atoms with van der Waals surface area (Å²) in [4.78, 5) is 14.7. The molecule has 4 heteroatoms. The molecule has 0 radical (unpaired) electrons. The second-order valence-electron chi connectivity index (χ2n) is 5.68. The van der Waals surface area contributed by atoms with Gasteiger partial charge in [0.05, 0.1) is 17.0 Å². The van der Waals surface area contributed by atoms with Crippen LogP contribution in [0.1, 0.15) is 12.5 Å². The molecule has 0 N–H and O–H groups in total. The molecule has 0 unspecified atom stereocenters. The Morgan fingerprint density at radius 2 is 1.65 bits per heavy atom. The van der Waals surface area contributed by atoms with Gasteiger partial charge in [-0.1, -0.05) is 30.3 Å². The summed E-state index contributed by atoms with van der Waals surface area (Å²) in [7, 11) is 4.00. The molecule has 0 saturated carbocycles. The minimum Gasteiger partial charge on any atom is -0.378 e. The number of carbonyl (C=O) groups is 1. The topological polar surface area (TPSA) is 35.9 Å². The van der Waals surface area contributed by atoms with Crippen molar-refractivity contribution in [2.45, 2.75) is 6.92 Å². The van der Waals surface area contributed by atoms with Gasteiger partial charge in [0.2, 0.25) is 0 Å². The lowest BCUT2D eigenvalue weighted by Gasteiger charge is -2.12. The number of hydrazone groups is 1. The summed E-state index contributed by atoms with van der Waals surface area (Å²) < 4.78 is 0. The zero-order valence-electron chi connectivity index (χ0n) is 13.5. The van der Waals surface area contributed by atoms with E-state index in [9.17, 15) is 4.79 Å². The fraction of sp³-hybridized carbons (Fsp3) is 0.158. The Bertz CT molecular complexity index is 774. The number of rotatable bonds is 3. The first-order chi connectivity index (χ1) is 11.1. The van der Waals surface area contributed by atoms with Crippen LogP contribution in [-0.2, 0) is 4.79 Å². The number of amides is 1. The number of carbonyl (C=O) groups excluding carboxylic acids is 1. The van der Waals surface area contributed by atoms with Crippen molar-refractivity contribution in [1.82, 2.24) is 0 Å². The summed E-state index contributed by atoms with van der Waals surface area (Å²) in [6, 6.07) is 17.6. The van der Waals surface area contributed by atoms with Gasteiger partial charge in [-0.25, -0.2) is 0 Å². The monoisotopic (exact) mass is 305 g/mol. The molecule has 1 aliphatic rings. The van der Waals surface area contributed by atoms with E-state index in [4.69, 9.17) is 0 Å². The third kappa shape index (κ3) is 3.01. The molecule has 3 rings (SSSR count). The number of benzene rings is 2. The van der Waals surface area contributed by atoms with E-state index in [0.29, 0.717) is 5.57 Å². The van der Waals surface area contributed by atoms with Crippen LogP contribution in [0.4, 0.5) is 11.4 Å². The first-order valence-electron chi connectivity index (χ1n) is 7.50. The average Bonchev–Trinajstić information content (AvgIpc) is 2.84. The van der Waals surface area contributed by atoms with E-state index in [1.807, 2.05) is 86.6 Å². The van der Waals surface area contributed by atoms with Gasteiger partial charge >= 0.3 is 0 Å². The molecule has 0 spiro atoms. The largest absolute Gasteiger partial charge is 0.378 e. The predicted octanol–water partition coefficient (Wildman–Crippen LogP) is 3.56. The molecule has 2 aromatic rings. The van der Waals surface area contributed by atoms with Gasteiger partial charge < -0.3 is 4.90 Å². The number of nitrogens with zero attached hydrogens (tertiary/aromatic N) is 3. The summed E-state index contributed by atoms with van der Waals surface area (Å²) in [6.45, 7) is 1.86. The van der Waals surface area contributed by atoms with Crippen molar-refractivity contribution < 1.29 is 4.79 Å². The number of hydrogen-bond donors (Lipinski definition) is 0. The second-order valence-corrected chi connectivity index (χ2v) is 5.68. The van der Waals surface area contributed by atoms with Crippen molar-refractivity contribution >= 4 is 29.1 Å². The van der Waals surface area contributed by atoms with E-state index in [-0.39, 0.29) is 5.91 Å². The van der Waals surface area contributed by atoms with Crippen LogP contribution in [-0.4, -0.2) is 25.7 Å². The number of hydrogen-bond acceptors (Lipinski definition) is 3. The molecular formula is C19H19N3O. The van der Waals surface area contributed by atoms with E-state index in [2.05, 4.69) is 5.10 Å². The van der Waals surface area contributed by atoms with E-state index in [1.54, 1.807) is 0 Å². The first-order valence-corrected chi connectivity index (χ1v) is 7.50. The molecule has 0 aliphatic carbocycles. The summed E-state index contributed by atoms with van der Waals surface area (Å²) in [5, 5.41) is 5.84. The van der Waals surface area contributed by atoms with Gasteiger partial charge in [0.1, 0.15) is 0 Å².